The summed E-state index contributed by atoms with van der Waals surface area (Å²) in [6, 6.07) is 2.13. The second-order valence-corrected chi connectivity index (χ2v) is 8.01. The standard InChI is InChI=1S/C19H21N3O3/c1-24-19-4-2-18(11-19,3-5-19)17(23)22-10-13-6-15(22)14-9-21-8-12(7-20)16(14)25-13/h8-9,13,15H,2-6,10-11H2,1H3/t13-,15-,18?,19?/m0/s1. The van der Waals surface area contributed by atoms with Gasteiger partial charge in [-0.15, -0.1) is 0 Å². The number of nitriles is 1. The van der Waals surface area contributed by atoms with Crippen LogP contribution in [0, 0.1) is 16.7 Å². The number of likely N-dealkylation sites (tertiary alicyclic amines) is 1. The van der Waals surface area contributed by atoms with Crippen molar-refractivity contribution < 1.29 is 14.3 Å². The molecule has 6 nitrogen and oxygen atoms in total. The fourth-order valence-electron chi connectivity index (χ4n) is 5.51. The van der Waals surface area contributed by atoms with Crippen LogP contribution in [0.15, 0.2) is 12.4 Å². The van der Waals surface area contributed by atoms with Crippen molar-refractivity contribution in [1.82, 2.24) is 9.88 Å². The fraction of sp³-hybridized carbons (Fsp3) is 0.632. The zero-order valence-corrected chi connectivity index (χ0v) is 14.3. The van der Waals surface area contributed by atoms with Crippen molar-refractivity contribution in [3.05, 3.63) is 23.5 Å². The molecule has 0 spiro atoms. The fourth-order valence-corrected chi connectivity index (χ4v) is 5.51. The third-order valence-corrected chi connectivity index (χ3v) is 6.88. The van der Waals surface area contributed by atoms with Gasteiger partial charge in [-0.25, -0.2) is 0 Å². The van der Waals surface area contributed by atoms with Crippen molar-refractivity contribution in [2.24, 2.45) is 5.41 Å². The van der Waals surface area contributed by atoms with E-state index in [1.165, 1.54) is 6.20 Å². The molecule has 130 valence electrons. The quantitative estimate of drug-likeness (QED) is 0.827. The number of methoxy groups -OCH3 is 1. The van der Waals surface area contributed by atoms with E-state index in [0.29, 0.717) is 17.9 Å². The predicted molar refractivity (Wildman–Crippen MR) is 87.7 cm³/mol. The first kappa shape index (κ1) is 15.2. The zero-order chi connectivity index (χ0) is 17.2. The number of hydrogen-bond acceptors (Lipinski definition) is 5. The summed E-state index contributed by atoms with van der Waals surface area (Å²) in [6.07, 6.45) is 8.68. The molecule has 0 aromatic carbocycles. The van der Waals surface area contributed by atoms with E-state index in [4.69, 9.17) is 9.47 Å². The number of fused-ring (bicyclic) bond motifs is 6. The Morgan fingerprint density at radius 3 is 2.88 bits per heavy atom. The Hall–Kier alpha value is -2.13. The minimum Gasteiger partial charge on any atom is -0.487 e. The van der Waals surface area contributed by atoms with E-state index >= 15 is 0 Å². The number of nitrogens with zero attached hydrogens (tertiary/aromatic N) is 3. The van der Waals surface area contributed by atoms with Crippen LogP contribution >= 0.6 is 0 Å². The molecule has 0 N–H and O–H groups in total. The van der Waals surface area contributed by atoms with E-state index in [1.807, 2.05) is 4.90 Å². The van der Waals surface area contributed by atoms with Crippen molar-refractivity contribution in [3.8, 4) is 11.8 Å². The average molecular weight is 339 g/mol. The summed E-state index contributed by atoms with van der Waals surface area (Å²) in [5, 5.41) is 9.31. The van der Waals surface area contributed by atoms with Crippen molar-refractivity contribution in [2.75, 3.05) is 13.7 Å². The highest BCUT2D eigenvalue weighted by Crippen LogP contribution is 2.60. The number of rotatable bonds is 2. The largest absolute Gasteiger partial charge is 0.487 e. The summed E-state index contributed by atoms with van der Waals surface area (Å²) in [4.78, 5) is 19.7. The van der Waals surface area contributed by atoms with Gasteiger partial charge in [0.25, 0.3) is 0 Å². The van der Waals surface area contributed by atoms with E-state index in [-0.39, 0.29) is 29.1 Å². The maximum absolute atomic E-state index is 13.5. The predicted octanol–water partition coefficient (Wildman–Crippen LogP) is 2.34. The third-order valence-electron chi connectivity index (χ3n) is 6.88. The highest BCUT2D eigenvalue weighted by Gasteiger charge is 2.61. The van der Waals surface area contributed by atoms with E-state index in [1.54, 1.807) is 13.3 Å². The number of amides is 1. The van der Waals surface area contributed by atoms with Gasteiger partial charge in [0.15, 0.2) is 0 Å². The lowest BCUT2D eigenvalue weighted by molar-refractivity contribution is -0.142. The molecule has 1 saturated heterocycles. The molecule has 4 aliphatic rings. The molecule has 5 rings (SSSR count). The number of ether oxygens (including phenoxy) is 2. The molecule has 4 bridgehead atoms. The van der Waals surface area contributed by atoms with Crippen LogP contribution in [-0.4, -0.2) is 41.2 Å². The Bertz CT molecular complexity index is 792. The van der Waals surface area contributed by atoms with Crippen LogP contribution in [0.25, 0.3) is 0 Å². The molecule has 3 fully saturated rings. The first-order chi connectivity index (χ1) is 12.1. The number of carbonyl (C=O) groups excluding carboxylic acids is 1. The Kier molecular flexibility index (Phi) is 3.00. The van der Waals surface area contributed by atoms with Gasteiger partial charge in [-0.2, -0.15) is 5.26 Å². The Labute approximate surface area is 146 Å². The summed E-state index contributed by atoms with van der Waals surface area (Å²) in [6.45, 7) is 0.602. The summed E-state index contributed by atoms with van der Waals surface area (Å²) in [5.74, 6) is 0.867. The van der Waals surface area contributed by atoms with Crippen molar-refractivity contribution in [2.45, 2.75) is 56.3 Å². The van der Waals surface area contributed by atoms with E-state index in [2.05, 4.69) is 11.1 Å². The van der Waals surface area contributed by atoms with Gasteiger partial charge < -0.3 is 14.4 Å². The Morgan fingerprint density at radius 2 is 2.20 bits per heavy atom. The molecule has 2 atom stereocenters. The molecule has 3 heterocycles. The second-order valence-electron chi connectivity index (χ2n) is 8.01. The van der Waals surface area contributed by atoms with Gasteiger partial charge >= 0.3 is 0 Å². The molecule has 0 unspecified atom stereocenters. The van der Waals surface area contributed by atoms with Crippen LogP contribution < -0.4 is 4.74 Å². The van der Waals surface area contributed by atoms with Crippen LogP contribution in [0.4, 0.5) is 0 Å². The third kappa shape index (κ3) is 1.93. The molecule has 2 aliphatic carbocycles. The van der Waals surface area contributed by atoms with Crippen LogP contribution in [-0.2, 0) is 9.53 Å². The van der Waals surface area contributed by atoms with Gasteiger partial charge in [0.1, 0.15) is 23.5 Å². The smallest absolute Gasteiger partial charge is 0.229 e. The Morgan fingerprint density at radius 1 is 1.40 bits per heavy atom. The number of aromatic nitrogens is 1. The normalized spacial score (nSPS) is 37.5. The molecular weight excluding hydrogens is 318 g/mol. The lowest BCUT2D eigenvalue weighted by atomic mass is 9.82. The Balaban J connectivity index is 1.49. The highest BCUT2D eigenvalue weighted by atomic mass is 16.5. The van der Waals surface area contributed by atoms with Crippen molar-refractivity contribution in [3.63, 3.8) is 0 Å². The summed E-state index contributed by atoms with van der Waals surface area (Å²) in [5.41, 5.74) is 0.980. The van der Waals surface area contributed by atoms with Crippen LogP contribution in [0.2, 0.25) is 0 Å². The topological polar surface area (TPSA) is 75.5 Å². The summed E-state index contributed by atoms with van der Waals surface area (Å²) >= 11 is 0. The molecule has 2 aliphatic heterocycles. The molecule has 6 heteroatoms. The molecule has 1 aromatic heterocycles. The van der Waals surface area contributed by atoms with Crippen molar-refractivity contribution >= 4 is 5.91 Å². The lowest BCUT2D eigenvalue weighted by Gasteiger charge is -2.33. The van der Waals surface area contributed by atoms with Gasteiger partial charge in [-0.1, -0.05) is 0 Å². The highest BCUT2D eigenvalue weighted by molar-refractivity contribution is 5.85. The molecular formula is C19H21N3O3. The molecule has 1 aromatic rings. The van der Waals surface area contributed by atoms with Gasteiger partial charge in [-0.3, -0.25) is 9.78 Å². The number of carbonyl (C=O) groups is 1. The van der Waals surface area contributed by atoms with Gasteiger partial charge in [0.2, 0.25) is 5.91 Å². The first-order valence-electron chi connectivity index (χ1n) is 9.01. The zero-order valence-electron chi connectivity index (χ0n) is 14.3. The SMILES string of the molecule is COC12CCC(C(=O)N3C[C@@H]4C[C@H]3c3cncc(C#N)c3O4)(CC1)C2. The maximum atomic E-state index is 13.5. The molecule has 2 saturated carbocycles. The van der Waals surface area contributed by atoms with Crippen LogP contribution in [0.3, 0.4) is 0 Å². The van der Waals surface area contributed by atoms with Gasteiger partial charge in [0, 0.05) is 31.5 Å². The summed E-state index contributed by atoms with van der Waals surface area (Å²) < 4.78 is 11.8. The van der Waals surface area contributed by atoms with E-state index in [0.717, 1.165) is 44.1 Å². The van der Waals surface area contributed by atoms with Gasteiger partial charge in [0.05, 0.1) is 23.6 Å². The first-order valence-corrected chi connectivity index (χ1v) is 9.01. The minimum absolute atomic E-state index is 0.0189. The number of pyridine rings is 1. The monoisotopic (exact) mass is 339 g/mol. The number of hydrogen-bond donors (Lipinski definition) is 0. The molecule has 25 heavy (non-hydrogen) atoms. The minimum atomic E-state index is -0.270. The van der Waals surface area contributed by atoms with Gasteiger partial charge in [-0.05, 0) is 32.1 Å². The second kappa shape index (κ2) is 4.95. The van der Waals surface area contributed by atoms with E-state index in [9.17, 15) is 10.1 Å². The molecule has 1 amide bonds. The van der Waals surface area contributed by atoms with E-state index < -0.39 is 0 Å². The van der Waals surface area contributed by atoms with Crippen LogP contribution in [0.5, 0.6) is 5.75 Å². The summed E-state index contributed by atoms with van der Waals surface area (Å²) in [7, 11) is 1.77. The lowest BCUT2D eigenvalue weighted by Crippen LogP contribution is -2.41. The maximum Gasteiger partial charge on any atom is 0.229 e. The molecule has 0 radical (unpaired) electrons. The average Bonchev–Trinajstić information content (AvgIpc) is 3.32. The van der Waals surface area contributed by atoms with Crippen molar-refractivity contribution in [1.29, 1.82) is 5.26 Å². The van der Waals surface area contributed by atoms with Crippen LogP contribution in [0.1, 0.15) is 55.7 Å².